The highest BCUT2D eigenvalue weighted by atomic mass is 35.5. The third-order valence-corrected chi connectivity index (χ3v) is 4.04. The summed E-state index contributed by atoms with van der Waals surface area (Å²) in [4.78, 5) is 16.4. The molecule has 20 heavy (non-hydrogen) atoms. The van der Waals surface area contributed by atoms with Crippen LogP contribution in [0.15, 0.2) is 12.1 Å². The van der Waals surface area contributed by atoms with Crippen LogP contribution >= 0.6 is 11.6 Å². The SMILES string of the molecule is CCc1cc(C(=O)NCC2(C)CCOCC2)cc(Cl)n1. The van der Waals surface area contributed by atoms with E-state index in [9.17, 15) is 4.79 Å². The van der Waals surface area contributed by atoms with Crippen molar-refractivity contribution in [3.8, 4) is 0 Å². The predicted molar refractivity (Wildman–Crippen MR) is 79.1 cm³/mol. The number of carbonyl (C=O) groups excluding carboxylic acids is 1. The van der Waals surface area contributed by atoms with E-state index in [1.54, 1.807) is 12.1 Å². The number of nitrogens with one attached hydrogen (secondary N) is 1. The Bertz CT molecular complexity index is 485. The van der Waals surface area contributed by atoms with Gasteiger partial charge in [-0.05, 0) is 36.8 Å². The molecule has 0 unspecified atom stereocenters. The highest BCUT2D eigenvalue weighted by Gasteiger charge is 2.27. The molecule has 1 saturated heterocycles. The lowest BCUT2D eigenvalue weighted by atomic mass is 9.82. The van der Waals surface area contributed by atoms with Crippen molar-refractivity contribution in [2.75, 3.05) is 19.8 Å². The van der Waals surface area contributed by atoms with Gasteiger partial charge < -0.3 is 10.1 Å². The Morgan fingerprint density at radius 3 is 2.80 bits per heavy atom. The molecule has 1 aromatic rings. The van der Waals surface area contributed by atoms with Gasteiger partial charge in [-0.1, -0.05) is 25.4 Å². The van der Waals surface area contributed by atoms with Crippen LogP contribution in [-0.2, 0) is 11.2 Å². The number of carbonyl (C=O) groups is 1. The lowest BCUT2D eigenvalue weighted by Gasteiger charge is -2.33. The van der Waals surface area contributed by atoms with Crippen molar-refractivity contribution < 1.29 is 9.53 Å². The summed E-state index contributed by atoms with van der Waals surface area (Å²) in [6.07, 6.45) is 2.71. The number of ether oxygens (including phenoxy) is 1. The molecule has 2 rings (SSSR count). The summed E-state index contributed by atoms with van der Waals surface area (Å²) >= 11 is 5.94. The molecule has 0 saturated carbocycles. The van der Waals surface area contributed by atoms with E-state index in [0.717, 1.165) is 38.2 Å². The number of amides is 1. The molecular weight excluding hydrogens is 276 g/mol. The van der Waals surface area contributed by atoms with Gasteiger partial charge in [0.25, 0.3) is 5.91 Å². The monoisotopic (exact) mass is 296 g/mol. The summed E-state index contributed by atoms with van der Waals surface area (Å²) in [5.41, 5.74) is 1.54. The summed E-state index contributed by atoms with van der Waals surface area (Å²) in [5, 5.41) is 3.37. The normalized spacial score (nSPS) is 17.8. The smallest absolute Gasteiger partial charge is 0.251 e. The van der Waals surface area contributed by atoms with Crippen molar-refractivity contribution in [3.05, 3.63) is 28.5 Å². The summed E-state index contributed by atoms with van der Waals surface area (Å²) < 4.78 is 5.36. The second-order valence-corrected chi connectivity index (χ2v) is 6.02. The van der Waals surface area contributed by atoms with E-state index in [1.807, 2.05) is 6.92 Å². The lowest BCUT2D eigenvalue weighted by Crippen LogP contribution is -2.39. The maximum atomic E-state index is 12.2. The van der Waals surface area contributed by atoms with Crippen molar-refractivity contribution >= 4 is 17.5 Å². The van der Waals surface area contributed by atoms with Crippen LogP contribution in [0.1, 0.15) is 42.7 Å². The number of nitrogens with zero attached hydrogens (tertiary/aromatic N) is 1. The van der Waals surface area contributed by atoms with Crippen LogP contribution in [-0.4, -0.2) is 30.6 Å². The Hall–Kier alpha value is -1.13. The van der Waals surface area contributed by atoms with Gasteiger partial charge in [-0.25, -0.2) is 4.98 Å². The number of hydrogen-bond donors (Lipinski definition) is 1. The number of halogens is 1. The van der Waals surface area contributed by atoms with Crippen LogP contribution in [0.25, 0.3) is 0 Å². The fourth-order valence-corrected chi connectivity index (χ4v) is 2.53. The second kappa shape index (κ2) is 6.55. The van der Waals surface area contributed by atoms with E-state index in [4.69, 9.17) is 16.3 Å². The maximum Gasteiger partial charge on any atom is 0.251 e. The van der Waals surface area contributed by atoms with Crippen molar-refractivity contribution in [1.29, 1.82) is 0 Å². The highest BCUT2D eigenvalue weighted by molar-refractivity contribution is 6.29. The lowest BCUT2D eigenvalue weighted by molar-refractivity contribution is 0.0238. The molecule has 1 aromatic heterocycles. The largest absolute Gasteiger partial charge is 0.381 e. The third-order valence-electron chi connectivity index (χ3n) is 3.85. The number of aromatic nitrogens is 1. The first-order valence-corrected chi connectivity index (χ1v) is 7.43. The van der Waals surface area contributed by atoms with Gasteiger partial charge in [0.1, 0.15) is 5.15 Å². The molecule has 2 heterocycles. The van der Waals surface area contributed by atoms with Gasteiger partial charge in [-0.3, -0.25) is 4.79 Å². The Labute approximate surface area is 124 Å². The molecule has 0 aromatic carbocycles. The van der Waals surface area contributed by atoms with Crippen LogP contribution in [0.4, 0.5) is 0 Å². The minimum Gasteiger partial charge on any atom is -0.381 e. The van der Waals surface area contributed by atoms with E-state index < -0.39 is 0 Å². The standard InChI is InChI=1S/C15H21ClN2O2/c1-3-12-8-11(9-13(16)18-12)14(19)17-10-15(2)4-6-20-7-5-15/h8-9H,3-7,10H2,1-2H3,(H,17,19). The molecule has 1 fully saturated rings. The molecule has 0 spiro atoms. The summed E-state index contributed by atoms with van der Waals surface area (Å²) in [6.45, 7) is 6.38. The van der Waals surface area contributed by atoms with Crippen molar-refractivity contribution in [2.45, 2.75) is 33.1 Å². The van der Waals surface area contributed by atoms with Gasteiger partial charge in [0.15, 0.2) is 0 Å². The van der Waals surface area contributed by atoms with Crippen LogP contribution < -0.4 is 5.32 Å². The van der Waals surface area contributed by atoms with Gasteiger partial charge in [-0.15, -0.1) is 0 Å². The van der Waals surface area contributed by atoms with Crippen LogP contribution in [0.5, 0.6) is 0 Å². The quantitative estimate of drug-likeness (QED) is 0.869. The van der Waals surface area contributed by atoms with Crippen molar-refractivity contribution in [3.63, 3.8) is 0 Å². The van der Waals surface area contributed by atoms with E-state index >= 15 is 0 Å². The molecule has 110 valence electrons. The second-order valence-electron chi connectivity index (χ2n) is 5.63. The first kappa shape index (κ1) is 15.3. The number of pyridine rings is 1. The van der Waals surface area contributed by atoms with Crippen LogP contribution in [0.3, 0.4) is 0 Å². The van der Waals surface area contributed by atoms with Crippen LogP contribution in [0, 0.1) is 5.41 Å². The fourth-order valence-electron chi connectivity index (χ4n) is 2.30. The van der Waals surface area contributed by atoms with E-state index in [0.29, 0.717) is 17.3 Å². The van der Waals surface area contributed by atoms with Crippen molar-refractivity contribution in [1.82, 2.24) is 10.3 Å². The Morgan fingerprint density at radius 1 is 1.45 bits per heavy atom. The highest BCUT2D eigenvalue weighted by Crippen LogP contribution is 2.28. The molecule has 5 heteroatoms. The van der Waals surface area contributed by atoms with Gasteiger partial charge in [0.2, 0.25) is 0 Å². The molecule has 0 atom stereocenters. The van der Waals surface area contributed by atoms with Crippen LogP contribution in [0.2, 0.25) is 5.15 Å². The molecule has 0 aliphatic carbocycles. The zero-order valence-corrected chi connectivity index (χ0v) is 12.8. The molecule has 0 bridgehead atoms. The Balaban J connectivity index is 1.99. The number of hydrogen-bond acceptors (Lipinski definition) is 3. The Kier molecular flexibility index (Phi) is 5.00. The minimum atomic E-state index is -0.0864. The molecule has 1 amide bonds. The van der Waals surface area contributed by atoms with E-state index in [-0.39, 0.29) is 11.3 Å². The molecule has 1 N–H and O–H groups in total. The minimum absolute atomic E-state index is 0.0864. The van der Waals surface area contributed by atoms with Gasteiger partial charge >= 0.3 is 0 Å². The maximum absolute atomic E-state index is 12.2. The summed E-state index contributed by atoms with van der Waals surface area (Å²) in [5.74, 6) is -0.0864. The van der Waals surface area contributed by atoms with Gasteiger partial charge in [0.05, 0.1) is 0 Å². The molecule has 1 aliphatic rings. The van der Waals surface area contributed by atoms with Gasteiger partial charge in [0, 0.05) is 31.0 Å². The van der Waals surface area contributed by atoms with Crippen molar-refractivity contribution in [2.24, 2.45) is 5.41 Å². The Morgan fingerprint density at radius 2 is 2.15 bits per heavy atom. The molecule has 4 nitrogen and oxygen atoms in total. The van der Waals surface area contributed by atoms with E-state index in [1.165, 1.54) is 0 Å². The summed E-state index contributed by atoms with van der Waals surface area (Å²) in [6, 6.07) is 3.41. The number of rotatable bonds is 4. The first-order valence-electron chi connectivity index (χ1n) is 7.05. The average Bonchev–Trinajstić information content (AvgIpc) is 2.45. The topological polar surface area (TPSA) is 51.2 Å². The fraction of sp³-hybridized carbons (Fsp3) is 0.600. The molecular formula is C15H21ClN2O2. The first-order chi connectivity index (χ1) is 9.52. The number of aryl methyl sites for hydroxylation is 1. The zero-order chi connectivity index (χ0) is 14.6. The van der Waals surface area contributed by atoms with Gasteiger partial charge in [-0.2, -0.15) is 0 Å². The zero-order valence-electron chi connectivity index (χ0n) is 12.0. The third kappa shape index (κ3) is 3.93. The summed E-state index contributed by atoms with van der Waals surface area (Å²) in [7, 11) is 0. The van der Waals surface area contributed by atoms with E-state index in [2.05, 4.69) is 17.2 Å². The average molecular weight is 297 g/mol. The predicted octanol–water partition coefficient (Wildman–Crippen LogP) is 2.84. The molecule has 0 radical (unpaired) electrons. The molecule has 1 aliphatic heterocycles.